The Labute approximate surface area is 127 Å². The third-order valence-corrected chi connectivity index (χ3v) is 8.18. The molecule has 7 atom stereocenters. The molecule has 3 saturated carbocycles. The molecule has 3 aliphatic rings. The van der Waals surface area contributed by atoms with Gasteiger partial charge in [-0.15, -0.1) is 0 Å². The maximum absolute atomic E-state index is 2.69. The molecule has 0 aromatic carbocycles. The molecular weight excluding hydrogens is 240 g/mol. The Morgan fingerprint density at radius 1 is 0.900 bits per heavy atom. The molecule has 0 aliphatic heterocycles. The second-order valence-electron chi connectivity index (χ2n) is 9.25. The Morgan fingerprint density at radius 2 is 1.60 bits per heavy atom. The summed E-state index contributed by atoms with van der Waals surface area (Å²) >= 11 is 0. The molecule has 0 heterocycles. The van der Waals surface area contributed by atoms with E-state index in [4.69, 9.17) is 0 Å². The van der Waals surface area contributed by atoms with E-state index in [9.17, 15) is 0 Å². The minimum absolute atomic E-state index is 0.691. The first-order valence-electron chi connectivity index (χ1n) is 9.43. The van der Waals surface area contributed by atoms with E-state index in [2.05, 4.69) is 34.6 Å². The monoisotopic (exact) mass is 276 g/mol. The van der Waals surface area contributed by atoms with Crippen molar-refractivity contribution in [1.82, 2.24) is 0 Å². The highest BCUT2D eigenvalue weighted by Crippen LogP contribution is 2.62. The zero-order valence-corrected chi connectivity index (χ0v) is 14.5. The molecule has 0 bridgehead atoms. The van der Waals surface area contributed by atoms with Crippen LogP contribution in [0.15, 0.2) is 0 Å². The van der Waals surface area contributed by atoms with Crippen molar-refractivity contribution in [2.75, 3.05) is 0 Å². The molecule has 0 saturated heterocycles. The van der Waals surface area contributed by atoms with Gasteiger partial charge in [-0.25, -0.2) is 0 Å². The summed E-state index contributed by atoms with van der Waals surface area (Å²) in [6.45, 7) is 12.6. The highest BCUT2D eigenvalue weighted by molar-refractivity contribution is 5.02. The van der Waals surface area contributed by atoms with Gasteiger partial charge in [0.05, 0.1) is 0 Å². The van der Waals surface area contributed by atoms with Crippen molar-refractivity contribution in [1.29, 1.82) is 0 Å². The highest BCUT2D eigenvalue weighted by atomic mass is 14.6. The molecule has 116 valence electrons. The van der Waals surface area contributed by atoms with Crippen molar-refractivity contribution in [3.8, 4) is 0 Å². The molecule has 3 fully saturated rings. The van der Waals surface area contributed by atoms with Crippen LogP contribution in [0, 0.1) is 46.8 Å². The lowest BCUT2D eigenvalue weighted by molar-refractivity contribution is -0.101. The van der Waals surface area contributed by atoms with E-state index in [-0.39, 0.29) is 0 Å². The molecule has 0 aromatic rings. The molecule has 0 aromatic heterocycles. The van der Waals surface area contributed by atoms with Crippen LogP contribution in [-0.2, 0) is 0 Å². The SMILES string of the molecule is CC(C)C1CCC2C(CCC3C(C)C(C)CCC23C)C1. The molecular formula is C20H36. The first-order chi connectivity index (χ1) is 9.43. The Morgan fingerprint density at radius 3 is 2.30 bits per heavy atom. The lowest BCUT2D eigenvalue weighted by atomic mass is 9.46. The topological polar surface area (TPSA) is 0 Å². The molecule has 7 unspecified atom stereocenters. The average molecular weight is 277 g/mol. The van der Waals surface area contributed by atoms with Crippen LogP contribution in [0.25, 0.3) is 0 Å². The third kappa shape index (κ3) is 2.26. The Balaban J connectivity index is 1.78. The molecule has 0 nitrogen and oxygen atoms in total. The van der Waals surface area contributed by atoms with Crippen LogP contribution in [0.2, 0.25) is 0 Å². The van der Waals surface area contributed by atoms with Gasteiger partial charge in [0.15, 0.2) is 0 Å². The van der Waals surface area contributed by atoms with E-state index >= 15 is 0 Å². The second-order valence-corrected chi connectivity index (χ2v) is 9.25. The summed E-state index contributed by atoms with van der Waals surface area (Å²) in [6.07, 6.45) is 10.7. The minimum Gasteiger partial charge on any atom is -0.0625 e. The summed E-state index contributed by atoms with van der Waals surface area (Å²) in [7, 11) is 0. The van der Waals surface area contributed by atoms with Crippen LogP contribution in [0.3, 0.4) is 0 Å². The fourth-order valence-corrected chi connectivity index (χ4v) is 6.52. The predicted octanol–water partition coefficient (Wildman–Crippen LogP) is 6.16. The zero-order valence-electron chi connectivity index (χ0n) is 14.5. The largest absolute Gasteiger partial charge is 0.0625 e. The fourth-order valence-electron chi connectivity index (χ4n) is 6.52. The Hall–Kier alpha value is 0. The second kappa shape index (κ2) is 5.33. The number of hydrogen-bond donors (Lipinski definition) is 0. The standard InChI is InChI=1S/C20H36/c1-13(2)16-6-9-19-17(12-16)7-8-18-15(4)14(3)10-11-20(18,19)5/h13-19H,6-12H2,1-5H3. The average Bonchev–Trinajstić information content (AvgIpc) is 2.43. The Bertz CT molecular complexity index is 344. The molecule has 0 amide bonds. The summed E-state index contributed by atoms with van der Waals surface area (Å²) in [5.41, 5.74) is 0.691. The van der Waals surface area contributed by atoms with Crippen LogP contribution in [0.4, 0.5) is 0 Å². The van der Waals surface area contributed by atoms with E-state index in [1.807, 2.05) is 0 Å². The summed E-state index contributed by atoms with van der Waals surface area (Å²) < 4.78 is 0. The summed E-state index contributed by atoms with van der Waals surface area (Å²) in [5.74, 6) is 7.03. The molecule has 3 aliphatic carbocycles. The van der Waals surface area contributed by atoms with Crippen molar-refractivity contribution in [3.05, 3.63) is 0 Å². The molecule has 0 N–H and O–H groups in total. The number of rotatable bonds is 1. The van der Waals surface area contributed by atoms with Crippen LogP contribution < -0.4 is 0 Å². The van der Waals surface area contributed by atoms with Crippen molar-refractivity contribution in [2.24, 2.45) is 46.8 Å². The van der Waals surface area contributed by atoms with Crippen LogP contribution in [0.5, 0.6) is 0 Å². The van der Waals surface area contributed by atoms with Crippen molar-refractivity contribution in [2.45, 2.75) is 79.6 Å². The van der Waals surface area contributed by atoms with Crippen LogP contribution in [-0.4, -0.2) is 0 Å². The quantitative estimate of drug-likeness (QED) is 0.538. The van der Waals surface area contributed by atoms with Gasteiger partial charge in [0.25, 0.3) is 0 Å². The van der Waals surface area contributed by atoms with Gasteiger partial charge in [-0.2, -0.15) is 0 Å². The van der Waals surface area contributed by atoms with E-state index in [1.165, 1.54) is 25.7 Å². The van der Waals surface area contributed by atoms with E-state index < -0.39 is 0 Å². The maximum atomic E-state index is 2.69. The summed E-state index contributed by atoms with van der Waals surface area (Å²) in [6, 6.07) is 0. The molecule has 3 rings (SSSR count). The number of hydrogen-bond acceptors (Lipinski definition) is 0. The van der Waals surface area contributed by atoms with Gasteiger partial charge in [0, 0.05) is 0 Å². The van der Waals surface area contributed by atoms with Crippen molar-refractivity contribution < 1.29 is 0 Å². The smallest absolute Gasteiger partial charge is 0.0264 e. The fraction of sp³-hybridized carbons (Fsp3) is 1.00. The maximum Gasteiger partial charge on any atom is -0.0264 e. The van der Waals surface area contributed by atoms with Gasteiger partial charge < -0.3 is 0 Å². The first-order valence-corrected chi connectivity index (χ1v) is 9.43. The minimum atomic E-state index is 0.691. The van der Waals surface area contributed by atoms with Crippen LogP contribution in [0.1, 0.15) is 79.6 Å². The molecule has 0 spiro atoms. The van der Waals surface area contributed by atoms with Gasteiger partial charge >= 0.3 is 0 Å². The van der Waals surface area contributed by atoms with Gasteiger partial charge in [0.1, 0.15) is 0 Å². The summed E-state index contributed by atoms with van der Waals surface area (Å²) in [4.78, 5) is 0. The lowest BCUT2D eigenvalue weighted by Gasteiger charge is -2.59. The highest BCUT2D eigenvalue weighted by Gasteiger charge is 2.53. The van der Waals surface area contributed by atoms with E-state index in [0.29, 0.717) is 5.41 Å². The third-order valence-electron chi connectivity index (χ3n) is 8.18. The lowest BCUT2D eigenvalue weighted by Crippen LogP contribution is -2.51. The number of fused-ring (bicyclic) bond motifs is 3. The Kier molecular flexibility index (Phi) is 3.97. The van der Waals surface area contributed by atoms with E-state index in [1.54, 1.807) is 19.3 Å². The first kappa shape index (κ1) is 14.9. The van der Waals surface area contributed by atoms with Crippen LogP contribution >= 0.6 is 0 Å². The van der Waals surface area contributed by atoms with Gasteiger partial charge in [0.2, 0.25) is 0 Å². The van der Waals surface area contributed by atoms with Crippen molar-refractivity contribution in [3.63, 3.8) is 0 Å². The summed E-state index contributed by atoms with van der Waals surface area (Å²) in [5, 5.41) is 0. The zero-order chi connectivity index (χ0) is 14.5. The van der Waals surface area contributed by atoms with Crippen molar-refractivity contribution >= 4 is 0 Å². The molecule has 0 heteroatoms. The van der Waals surface area contributed by atoms with E-state index in [0.717, 1.165) is 41.4 Å². The van der Waals surface area contributed by atoms with Gasteiger partial charge in [-0.1, -0.05) is 34.6 Å². The molecule has 20 heavy (non-hydrogen) atoms. The van der Waals surface area contributed by atoms with Gasteiger partial charge in [-0.3, -0.25) is 0 Å². The molecule has 0 radical (unpaired) electrons. The predicted molar refractivity (Wildman–Crippen MR) is 87.6 cm³/mol. The normalized spacial score (nSPS) is 52.5. The van der Waals surface area contributed by atoms with Gasteiger partial charge in [-0.05, 0) is 91.8 Å².